The molecule has 1 saturated heterocycles. The van der Waals surface area contributed by atoms with Crippen molar-refractivity contribution in [3.8, 4) is 0 Å². The summed E-state index contributed by atoms with van der Waals surface area (Å²) in [4.78, 5) is 13.0. The van der Waals surface area contributed by atoms with Crippen molar-refractivity contribution in [2.75, 3.05) is 26.3 Å². The minimum absolute atomic E-state index is 0.279. The molecule has 1 heterocycles. The molecule has 1 aliphatic heterocycles. The Bertz CT molecular complexity index is 125. The van der Waals surface area contributed by atoms with Gasteiger partial charge in [-0.3, -0.25) is 0 Å². The van der Waals surface area contributed by atoms with Gasteiger partial charge in [0.15, 0.2) is 0 Å². The molecule has 0 bridgehead atoms. The van der Waals surface area contributed by atoms with E-state index < -0.39 is 0 Å². The van der Waals surface area contributed by atoms with E-state index >= 15 is 0 Å². The van der Waals surface area contributed by atoms with Crippen LogP contribution in [0.4, 0.5) is 4.79 Å². The molecule has 1 amide bonds. The first kappa shape index (κ1) is 8.98. The van der Waals surface area contributed by atoms with Gasteiger partial charge in [-0.15, -0.1) is 0 Å². The third kappa shape index (κ3) is 2.50. The Kier molecular flexibility index (Phi) is 4.23. The molecule has 0 saturated carbocycles. The number of nitrogens with zero attached hydrogens (tertiary/aromatic N) is 1. The molecule has 0 spiro atoms. The van der Waals surface area contributed by atoms with Gasteiger partial charge in [0.1, 0.15) is 0 Å². The number of carbonyl (C=O) groups excluding carboxylic acids is 1. The Labute approximate surface area is 79.9 Å². The summed E-state index contributed by atoms with van der Waals surface area (Å²) in [6.45, 7) is 3.02. The topological polar surface area (TPSA) is 29.5 Å². The van der Waals surface area contributed by atoms with Crippen molar-refractivity contribution in [2.24, 2.45) is 0 Å². The maximum absolute atomic E-state index is 11.1. The second-order valence-electron chi connectivity index (χ2n) is 1.92. The maximum atomic E-state index is 11.1. The van der Waals surface area contributed by atoms with E-state index in [-0.39, 0.29) is 17.2 Å². The Morgan fingerprint density at radius 3 is 2.60 bits per heavy atom. The van der Waals surface area contributed by atoms with Crippen LogP contribution in [0.3, 0.4) is 0 Å². The second kappa shape index (κ2) is 4.70. The first-order valence-electron chi connectivity index (χ1n) is 2.97. The first-order chi connectivity index (χ1) is 4.84. The molecule has 0 unspecified atom stereocenters. The van der Waals surface area contributed by atoms with E-state index in [0.29, 0.717) is 17.1 Å². The molecular formula is C5H8I2NO2-. The van der Waals surface area contributed by atoms with Crippen LogP contribution >= 0.6 is 18.6 Å². The fourth-order valence-corrected chi connectivity index (χ4v) is 3.25. The van der Waals surface area contributed by atoms with Crippen molar-refractivity contribution in [1.29, 1.82) is 0 Å². The number of ether oxygens (including phenoxy) is 1. The van der Waals surface area contributed by atoms with Crippen molar-refractivity contribution in [3.63, 3.8) is 0 Å². The summed E-state index contributed by atoms with van der Waals surface area (Å²) in [6.07, 6.45) is 0. The molecule has 1 rings (SSSR count). The molecule has 1 fully saturated rings. The van der Waals surface area contributed by atoms with Gasteiger partial charge in [-0.25, -0.2) is 0 Å². The van der Waals surface area contributed by atoms with Gasteiger partial charge in [0.2, 0.25) is 0 Å². The Morgan fingerprint density at radius 1 is 1.50 bits per heavy atom. The van der Waals surface area contributed by atoms with Gasteiger partial charge in [-0.2, -0.15) is 0 Å². The molecule has 1 aliphatic rings. The Hall–Kier alpha value is 0.890. The summed E-state index contributed by atoms with van der Waals surface area (Å²) in [7, 11) is 0. The fourth-order valence-electron chi connectivity index (χ4n) is 0.784. The monoisotopic (exact) mass is 368 g/mol. The van der Waals surface area contributed by atoms with Crippen LogP contribution < -0.4 is 17.2 Å². The molecule has 0 aromatic heterocycles. The van der Waals surface area contributed by atoms with E-state index in [2.05, 4.69) is 18.6 Å². The van der Waals surface area contributed by atoms with E-state index in [1.165, 1.54) is 0 Å². The standard InChI is InChI=1S/C5H8I2NO2/c6-7-5(9)8-1-3-10-4-2-8/h1-4H2/q-1. The van der Waals surface area contributed by atoms with E-state index in [4.69, 9.17) is 4.74 Å². The SMILES string of the molecule is O=C([I-]I)N1CCOCC1. The van der Waals surface area contributed by atoms with Crippen molar-refractivity contribution in [3.05, 3.63) is 0 Å². The van der Waals surface area contributed by atoms with Gasteiger partial charge < -0.3 is 0 Å². The number of hydrogen-bond acceptors (Lipinski definition) is 2. The normalized spacial score (nSPS) is 19.5. The molecule has 0 aromatic carbocycles. The number of halogens is 2. The van der Waals surface area contributed by atoms with Crippen molar-refractivity contribution < 1.29 is 26.8 Å². The van der Waals surface area contributed by atoms with Gasteiger partial charge in [-0.05, 0) is 0 Å². The average Bonchev–Trinajstić information content (AvgIpc) is 2.05. The molecule has 0 aromatic rings. The number of rotatable bonds is 1. The van der Waals surface area contributed by atoms with E-state index in [0.717, 1.165) is 13.1 Å². The molecular weight excluding hydrogens is 360 g/mol. The molecule has 60 valence electrons. The fraction of sp³-hybridized carbons (Fsp3) is 0.800. The third-order valence-corrected chi connectivity index (χ3v) is 4.69. The number of amides is 1. The summed E-state index contributed by atoms with van der Waals surface area (Å²) in [6, 6.07) is 0. The molecule has 0 aliphatic carbocycles. The predicted octanol–water partition coefficient (Wildman–Crippen LogP) is -2.12. The van der Waals surface area contributed by atoms with Gasteiger partial charge in [-0.1, -0.05) is 0 Å². The first-order valence-corrected chi connectivity index (χ1v) is 10.3. The summed E-state index contributed by atoms with van der Waals surface area (Å²) >= 11 is 1.91. The van der Waals surface area contributed by atoms with Crippen LogP contribution in [0.5, 0.6) is 0 Å². The summed E-state index contributed by atoms with van der Waals surface area (Å²) in [5.74, 6) is 0. The average molecular weight is 368 g/mol. The van der Waals surface area contributed by atoms with E-state index in [1.54, 1.807) is 0 Å². The number of carbonyl (C=O) groups is 1. The Balaban J connectivity index is 2.31. The van der Waals surface area contributed by atoms with Crippen LogP contribution in [-0.4, -0.2) is 35.1 Å². The van der Waals surface area contributed by atoms with Crippen LogP contribution in [0.15, 0.2) is 0 Å². The molecule has 0 radical (unpaired) electrons. The quantitative estimate of drug-likeness (QED) is 0.301. The van der Waals surface area contributed by atoms with Crippen LogP contribution in [-0.2, 0) is 4.74 Å². The van der Waals surface area contributed by atoms with Crippen LogP contribution in [0.2, 0.25) is 0 Å². The summed E-state index contributed by atoms with van der Waals surface area (Å²) < 4.78 is 5.45. The van der Waals surface area contributed by atoms with Crippen LogP contribution in [0.25, 0.3) is 0 Å². The second-order valence-corrected chi connectivity index (χ2v) is 5.99. The van der Waals surface area contributed by atoms with Gasteiger partial charge in [0, 0.05) is 0 Å². The molecule has 0 N–H and O–H groups in total. The molecule has 0 atom stereocenters. The van der Waals surface area contributed by atoms with Crippen molar-refractivity contribution >= 4 is 22.5 Å². The summed E-state index contributed by atoms with van der Waals surface area (Å²) in [5, 5.41) is 0. The van der Waals surface area contributed by atoms with Crippen molar-refractivity contribution in [2.45, 2.75) is 0 Å². The van der Waals surface area contributed by atoms with Gasteiger partial charge >= 0.3 is 80.5 Å². The Morgan fingerprint density at radius 2 is 2.10 bits per heavy atom. The zero-order chi connectivity index (χ0) is 7.40. The molecule has 10 heavy (non-hydrogen) atoms. The van der Waals surface area contributed by atoms with Crippen LogP contribution in [0.1, 0.15) is 0 Å². The molecule has 3 nitrogen and oxygen atoms in total. The summed E-state index contributed by atoms with van der Waals surface area (Å²) in [5.41, 5.74) is 0. The third-order valence-electron chi connectivity index (χ3n) is 1.32. The zero-order valence-corrected chi connectivity index (χ0v) is 9.66. The van der Waals surface area contributed by atoms with E-state index in [1.807, 2.05) is 4.90 Å². The number of hydrogen-bond donors (Lipinski definition) is 0. The molecule has 5 heteroatoms. The van der Waals surface area contributed by atoms with E-state index in [9.17, 15) is 4.79 Å². The zero-order valence-electron chi connectivity index (χ0n) is 5.35. The predicted molar refractivity (Wildman–Crippen MR) is 41.8 cm³/mol. The number of morpholine rings is 1. The van der Waals surface area contributed by atoms with Gasteiger partial charge in [0.05, 0.1) is 0 Å². The van der Waals surface area contributed by atoms with Crippen LogP contribution in [0, 0.1) is 0 Å². The van der Waals surface area contributed by atoms with Crippen molar-refractivity contribution in [1.82, 2.24) is 4.90 Å². The van der Waals surface area contributed by atoms with Gasteiger partial charge in [0.25, 0.3) is 0 Å². The minimum atomic E-state index is -0.279.